The topological polar surface area (TPSA) is 84.5 Å². The van der Waals surface area contributed by atoms with Gasteiger partial charge in [0.2, 0.25) is 5.91 Å². The highest BCUT2D eigenvalue weighted by molar-refractivity contribution is 9.10. The van der Waals surface area contributed by atoms with Crippen LogP contribution in [-0.2, 0) is 21.2 Å². The van der Waals surface area contributed by atoms with Gasteiger partial charge in [0.05, 0.1) is 16.5 Å². The fourth-order valence-corrected chi connectivity index (χ4v) is 3.44. The molecule has 0 saturated heterocycles. The van der Waals surface area contributed by atoms with Crippen LogP contribution in [0.3, 0.4) is 0 Å². The largest absolute Gasteiger partial charge is 0.496 e. The second kappa shape index (κ2) is 8.27. The van der Waals surface area contributed by atoms with Gasteiger partial charge in [-0.25, -0.2) is 8.42 Å². The van der Waals surface area contributed by atoms with Gasteiger partial charge in [-0.2, -0.15) is 0 Å². The highest BCUT2D eigenvalue weighted by Gasteiger charge is 2.14. The van der Waals surface area contributed by atoms with Crippen LogP contribution in [0.1, 0.15) is 12.0 Å². The fraction of sp³-hybridized carbons (Fsp3) is 0.188. The van der Waals surface area contributed by atoms with Crippen LogP contribution in [0.15, 0.2) is 57.9 Å². The van der Waals surface area contributed by atoms with Crippen LogP contribution >= 0.6 is 15.9 Å². The number of ether oxygens (including phenoxy) is 1. The minimum atomic E-state index is -3.76. The van der Waals surface area contributed by atoms with Crippen molar-refractivity contribution in [1.82, 2.24) is 10.3 Å². The lowest BCUT2D eigenvalue weighted by Crippen LogP contribution is -2.41. The minimum absolute atomic E-state index is 0.0874. The van der Waals surface area contributed by atoms with Crippen molar-refractivity contribution in [1.29, 1.82) is 0 Å². The summed E-state index contributed by atoms with van der Waals surface area (Å²) in [6, 6.07) is 13.3. The number of carbonyl (C=O) groups excluding carboxylic acids is 1. The maximum absolute atomic E-state index is 12.0. The van der Waals surface area contributed by atoms with Crippen LogP contribution in [0.2, 0.25) is 0 Å². The molecule has 0 heterocycles. The molecular formula is C16H17BrN2O4S. The summed E-state index contributed by atoms with van der Waals surface area (Å²) in [4.78, 5) is 14.0. The SMILES string of the molecule is COc1ccc(CCC(=O)NNS(=O)(=O)c2ccccc2)cc1Br. The Kier molecular flexibility index (Phi) is 6.36. The average Bonchev–Trinajstić information content (AvgIpc) is 2.59. The molecule has 0 bridgehead atoms. The number of sulfonamides is 1. The standard InChI is InChI=1S/C16H17BrN2O4S/c1-23-15-9-7-12(11-14(15)17)8-10-16(20)18-19-24(21,22)13-5-3-2-4-6-13/h2-7,9,11,19H,8,10H2,1H3,(H,18,20). The molecule has 0 aliphatic carbocycles. The van der Waals surface area contributed by atoms with Crippen molar-refractivity contribution in [2.75, 3.05) is 7.11 Å². The average molecular weight is 413 g/mol. The van der Waals surface area contributed by atoms with Crippen molar-refractivity contribution in [2.24, 2.45) is 0 Å². The fourth-order valence-electron chi connectivity index (χ4n) is 1.97. The molecule has 8 heteroatoms. The van der Waals surface area contributed by atoms with Gasteiger partial charge in [-0.1, -0.05) is 24.3 Å². The van der Waals surface area contributed by atoms with Crippen molar-refractivity contribution in [3.63, 3.8) is 0 Å². The highest BCUT2D eigenvalue weighted by atomic mass is 79.9. The molecule has 0 radical (unpaired) electrons. The molecule has 128 valence electrons. The van der Waals surface area contributed by atoms with Crippen molar-refractivity contribution < 1.29 is 17.9 Å². The lowest BCUT2D eigenvalue weighted by atomic mass is 10.1. The molecule has 0 aliphatic heterocycles. The number of methoxy groups -OCH3 is 1. The first-order valence-corrected chi connectivity index (χ1v) is 9.38. The first kappa shape index (κ1) is 18.4. The quantitative estimate of drug-likeness (QED) is 0.683. The van der Waals surface area contributed by atoms with Gasteiger partial charge in [-0.05, 0) is 52.2 Å². The van der Waals surface area contributed by atoms with E-state index in [1.54, 1.807) is 31.4 Å². The van der Waals surface area contributed by atoms with Gasteiger partial charge in [-0.15, -0.1) is 4.83 Å². The van der Waals surface area contributed by atoms with E-state index < -0.39 is 15.9 Å². The van der Waals surface area contributed by atoms with Crippen LogP contribution in [0.4, 0.5) is 0 Å². The zero-order valence-electron chi connectivity index (χ0n) is 13.0. The summed E-state index contributed by atoms with van der Waals surface area (Å²) in [7, 11) is -2.18. The minimum Gasteiger partial charge on any atom is -0.496 e. The van der Waals surface area contributed by atoms with Gasteiger partial charge in [0.1, 0.15) is 5.75 Å². The summed E-state index contributed by atoms with van der Waals surface area (Å²) in [5, 5.41) is 0. The molecule has 0 fully saturated rings. The zero-order chi connectivity index (χ0) is 17.6. The summed E-state index contributed by atoms with van der Waals surface area (Å²) in [5.41, 5.74) is 3.15. The Morgan fingerprint density at radius 1 is 1.17 bits per heavy atom. The lowest BCUT2D eigenvalue weighted by Gasteiger charge is -2.09. The smallest absolute Gasteiger partial charge is 0.257 e. The maximum Gasteiger partial charge on any atom is 0.257 e. The number of benzene rings is 2. The highest BCUT2D eigenvalue weighted by Crippen LogP contribution is 2.25. The number of hydrazine groups is 1. The Labute approximate surface area is 149 Å². The van der Waals surface area contributed by atoms with Gasteiger partial charge in [-0.3, -0.25) is 10.2 Å². The van der Waals surface area contributed by atoms with Crippen molar-refractivity contribution >= 4 is 31.9 Å². The van der Waals surface area contributed by atoms with E-state index in [0.29, 0.717) is 12.2 Å². The molecule has 2 aromatic rings. The van der Waals surface area contributed by atoms with E-state index in [1.807, 2.05) is 12.1 Å². The maximum atomic E-state index is 12.0. The second-order valence-corrected chi connectivity index (χ2v) is 7.47. The first-order valence-electron chi connectivity index (χ1n) is 7.10. The van der Waals surface area contributed by atoms with Crippen LogP contribution in [0.25, 0.3) is 0 Å². The molecule has 2 aromatic carbocycles. The van der Waals surface area contributed by atoms with Gasteiger partial charge < -0.3 is 4.74 Å². The predicted molar refractivity (Wildman–Crippen MR) is 93.9 cm³/mol. The molecule has 0 saturated carbocycles. The third-order valence-corrected chi connectivity index (χ3v) is 5.12. The van der Waals surface area contributed by atoms with Crippen molar-refractivity contribution in [3.05, 3.63) is 58.6 Å². The molecule has 6 nitrogen and oxygen atoms in total. The molecule has 0 unspecified atom stereocenters. The number of nitrogens with one attached hydrogen (secondary N) is 2. The molecule has 1 amide bonds. The molecular weight excluding hydrogens is 396 g/mol. The van der Waals surface area contributed by atoms with E-state index in [-0.39, 0.29) is 11.3 Å². The van der Waals surface area contributed by atoms with E-state index in [9.17, 15) is 13.2 Å². The summed E-state index contributed by atoms with van der Waals surface area (Å²) < 4.78 is 29.9. The van der Waals surface area contributed by atoms with Crippen LogP contribution in [0, 0.1) is 0 Å². The van der Waals surface area contributed by atoms with Crippen LogP contribution in [-0.4, -0.2) is 21.4 Å². The van der Waals surface area contributed by atoms with E-state index >= 15 is 0 Å². The predicted octanol–water partition coefficient (Wildman–Crippen LogP) is 2.40. The number of halogens is 1. The number of amides is 1. The van der Waals surface area contributed by atoms with Crippen LogP contribution in [0.5, 0.6) is 5.75 Å². The molecule has 0 spiro atoms. The summed E-state index contributed by atoms with van der Waals surface area (Å²) in [6.07, 6.45) is 0.623. The van der Waals surface area contributed by atoms with Gasteiger partial charge >= 0.3 is 0 Å². The summed E-state index contributed by atoms with van der Waals surface area (Å²) in [5.74, 6) is 0.292. The van der Waals surface area contributed by atoms with Crippen molar-refractivity contribution in [3.8, 4) is 5.75 Å². The van der Waals surface area contributed by atoms with Gasteiger partial charge in [0.25, 0.3) is 10.0 Å². The molecule has 24 heavy (non-hydrogen) atoms. The monoisotopic (exact) mass is 412 g/mol. The Hall–Kier alpha value is -1.90. The van der Waals surface area contributed by atoms with Gasteiger partial charge in [0, 0.05) is 6.42 Å². The molecule has 2 N–H and O–H groups in total. The molecule has 0 atom stereocenters. The van der Waals surface area contributed by atoms with Gasteiger partial charge in [0.15, 0.2) is 0 Å². The normalized spacial score (nSPS) is 11.1. The Morgan fingerprint density at radius 2 is 1.88 bits per heavy atom. The number of hydrogen-bond donors (Lipinski definition) is 2. The number of aryl methyl sites for hydroxylation is 1. The van der Waals surface area contributed by atoms with E-state index in [4.69, 9.17) is 4.74 Å². The first-order chi connectivity index (χ1) is 11.4. The molecule has 0 aromatic heterocycles. The summed E-state index contributed by atoms with van der Waals surface area (Å²) in [6.45, 7) is 0. The third-order valence-electron chi connectivity index (χ3n) is 3.24. The number of carbonyl (C=O) groups is 1. The second-order valence-electron chi connectivity index (χ2n) is 4.94. The number of hydrogen-bond acceptors (Lipinski definition) is 4. The lowest BCUT2D eigenvalue weighted by molar-refractivity contribution is -0.121. The zero-order valence-corrected chi connectivity index (χ0v) is 15.4. The Morgan fingerprint density at radius 3 is 2.50 bits per heavy atom. The van der Waals surface area contributed by atoms with Crippen molar-refractivity contribution in [2.45, 2.75) is 17.7 Å². The van der Waals surface area contributed by atoms with E-state index in [2.05, 4.69) is 26.2 Å². The Bertz CT molecular complexity index is 810. The van der Waals surface area contributed by atoms with E-state index in [0.717, 1.165) is 10.0 Å². The Balaban J connectivity index is 1.87. The third kappa shape index (κ3) is 5.05. The summed E-state index contributed by atoms with van der Waals surface area (Å²) >= 11 is 3.38. The van der Waals surface area contributed by atoms with E-state index in [1.165, 1.54) is 12.1 Å². The molecule has 2 rings (SSSR count). The van der Waals surface area contributed by atoms with Crippen LogP contribution < -0.4 is 15.0 Å². The number of rotatable bonds is 7. The molecule has 0 aliphatic rings.